The summed E-state index contributed by atoms with van der Waals surface area (Å²) in [4.78, 5) is 4.54. The summed E-state index contributed by atoms with van der Waals surface area (Å²) in [5, 5.41) is 6.59. The van der Waals surface area contributed by atoms with Gasteiger partial charge < -0.3 is 10.6 Å². The van der Waals surface area contributed by atoms with E-state index in [-0.39, 0.29) is 29.7 Å². The third kappa shape index (κ3) is 7.44. The van der Waals surface area contributed by atoms with Crippen LogP contribution < -0.4 is 10.6 Å². The van der Waals surface area contributed by atoms with Gasteiger partial charge in [-0.25, -0.2) is 13.4 Å². The van der Waals surface area contributed by atoms with Crippen molar-refractivity contribution in [1.29, 1.82) is 0 Å². The zero-order chi connectivity index (χ0) is 15.3. The summed E-state index contributed by atoms with van der Waals surface area (Å²) in [7, 11) is -2.98. The fourth-order valence-corrected chi connectivity index (χ4v) is 2.75. The highest BCUT2D eigenvalue weighted by Gasteiger charge is 2.21. The number of aliphatic imine (C=N–C) groups is 1. The zero-order valence-electron chi connectivity index (χ0n) is 13.0. The minimum Gasteiger partial charge on any atom is -0.357 e. The Morgan fingerprint density at radius 3 is 2.32 bits per heavy atom. The van der Waals surface area contributed by atoms with Crippen LogP contribution in [0, 0.1) is 0 Å². The number of hydrogen-bond acceptors (Lipinski definition) is 3. The van der Waals surface area contributed by atoms with E-state index in [2.05, 4.69) is 15.6 Å². The summed E-state index contributed by atoms with van der Waals surface area (Å²) in [6, 6.07) is 8.15. The van der Waals surface area contributed by atoms with Gasteiger partial charge in [0.05, 0.1) is 12.3 Å². The summed E-state index contributed by atoms with van der Waals surface area (Å²) >= 11 is 0. The fourth-order valence-electron chi connectivity index (χ4n) is 1.96. The van der Waals surface area contributed by atoms with E-state index >= 15 is 0 Å². The lowest BCUT2D eigenvalue weighted by Gasteiger charge is -2.10. The lowest BCUT2D eigenvalue weighted by Crippen LogP contribution is -2.38. The molecule has 1 aliphatic rings. The Morgan fingerprint density at radius 2 is 1.82 bits per heavy atom. The van der Waals surface area contributed by atoms with E-state index in [4.69, 9.17) is 0 Å². The van der Waals surface area contributed by atoms with Crippen molar-refractivity contribution in [1.82, 2.24) is 10.6 Å². The molecule has 0 unspecified atom stereocenters. The molecule has 0 radical (unpaired) electrons. The van der Waals surface area contributed by atoms with Crippen LogP contribution in [-0.2, 0) is 22.1 Å². The maximum atomic E-state index is 11.2. The number of rotatable bonds is 6. The van der Waals surface area contributed by atoms with E-state index in [1.165, 1.54) is 19.1 Å². The largest absolute Gasteiger partial charge is 0.357 e. The minimum atomic E-state index is -2.98. The molecule has 22 heavy (non-hydrogen) atoms. The van der Waals surface area contributed by atoms with Gasteiger partial charge in [-0.15, -0.1) is 24.0 Å². The molecule has 0 saturated heterocycles. The zero-order valence-corrected chi connectivity index (χ0v) is 16.1. The number of guanidine groups is 1. The van der Waals surface area contributed by atoms with Crippen molar-refractivity contribution < 1.29 is 8.42 Å². The van der Waals surface area contributed by atoms with Crippen molar-refractivity contribution in [2.24, 2.45) is 4.99 Å². The van der Waals surface area contributed by atoms with Gasteiger partial charge in [0.15, 0.2) is 15.8 Å². The molecule has 0 aromatic heterocycles. The summed E-state index contributed by atoms with van der Waals surface area (Å²) in [5.41, 5.74) is 1.88. The molecule has 0 spiro atoms. The summed E-state index contributed by atoms with van der Waals surface area (Å²) in [5.74, 6) is 0.933. The first-order chi connectivity index (χ1) is 9.96. The van der Waals surface area contributed by atoms with Crippen LogP contribution in [0.4, 0.5) is 0 Å². The van der Waals surface area contributed by atoms with E-state index < -0.39 is 9.84 Å². The molecule has 1 aromatic rings. The minimum absolute atomic E-state index is 0. The smallest absolute Gasteiger partial charge is 0.191 e. The SMILES string of the molecule is CCNC(=NCc1ccc(CS(C)(=O)=O)cc1)NC1CC1.I. The molecule has 0 atom stereocenters. The van der Waals surface area contributed by atoms with Crippen LogP contribution in [0.5, 0.6) is 0 Å². The molecule has 5 nitrogen and oxygen atoms in total. The lowest BCUT2D eigenvalue weighted by atomic mass is 10.1. The van der Waals surface area contributed by atoms with Gasteiger partial charge in [-0.2, -0.15) is 0 Å². The normalized spacial score (nSPS) is 15.1. The topological polar surface area (TPSA) is 70.6 Å². The van der Waals surface area contributed by atoms with Crippen LogP contribution >= 0.6 is 24.0 Å². The molecule has 0 bridgehead atoms. The van der Waals surface area contributed by atoms with Gasteiger partial charge in [-0.05, 0) is 30.9 Å². The third-order valence-corrected chi connectivity index (χ3v) is 3.99. The van der Waals surface area contributed by atoms with Crippen LogP contribution in [-0.4, -0.2) is 33.2 Å². The average molecular weight is 437 g/mol. The third-order valence-electron chi connectivity index (χ3n) is 3.13. The van der Waals surface area contributed by atoms with Gasteiger partial charge in [0.1, 0.15) is 0 Å². The first kappa shape index (κ1) is 19.2. The molecule has 0 amide bonds. The number of nitrogens with one attached hydrogen (secondary N) is 2. The van der Waals surface area contributed by atoms with Gasteiger partial charge in [-0.3, -0.25) is 0 Å². The highest BCUT2D eigenvalue weighted by atomic mass is 127. The van der Waals surface area contributed by atoms with Crippen molar-refractivity contribution in [3.05, 3.63) is 35.4 Å². The second-order valence-electron chi connectivity index (χ2n) is 5.50. The Hall–Kier alpha value is -0.830. The van der Waals surface area contributed by atoms with Crippen LogP contribution in [0.15, 0.2) is 29.3 Å². The van der Waals surface area contributed by atoms with E-state index in [9.17, 15) is 8.42 Å². The second-order valence-corrected chi connectivity index (χ2v) is 7.64. The van der Waals surface area contributed by atoms with Crippen molar-refractivity contribution >= 4 is 39.8 Å². The van der Waals surface area contributed by atoms with Crippen molar-refractivity contribution in [2.45, 2.75) is 38.1 Å². The number of halogens is 1. The van der Waals surface area contributed by atoms with Gasteiger partial charge in [0, 0.05) is 18.8 Å². The number of hydrogen-bond donors (Lipinski definition) is 2. The van der Waals surface area contributed by atoms with E-state index in [0.717, 1.165) is 23.6 Å². The van der Waals surface area contributed by atoms with Gasteiger partial charge in [0.2, 0.25) is 0 Å². The van der Waals surface area contributed by atoms with Crippen LogP contribution in [0.3, 0.4) is 0 Å². The van der Waals surface area contributed by atoms with Crippen LogP contribution in [0.2, 0.25) is 0 Å². The molecule has 2 rings (SSSR count). The Labute approximate surface area is 149 Å². The molecular formula is C15H24IN3O2S. The molecule has 1 fully saturated rings. The predicted octanol–water partition coefficient (Wildman–Crippen LogP) is 2.07. The molecule has 1 saturated carbocycles. The Balaban J connectivity index is 0.00000242. The number of sulfone groups is 1. The standard InChI is InChI=1S/C15H23N3O2S.HI/c1-3-16-15(18-14-8-9-14)17-10-12-4-6-13(7-5-12)11-21(2,19)20;/h4-7,14H,3,8-11H2,1-2H3,(H2,16,17,18);1H. The highest BCUT2D eigenvalue weighted by molar-refractivity contribution is 14.0. The van der Waals surface area contributed by atoms with E-state index in [0.29, 0.717) is 12.6 Å². The van der Waals surface area contributed by atoms with Crippen LogP contribution in [0.25, 0.3) is 0 Å². The summed E-state index contributed by atoms with van der Waals surface area (Å²) in [6.07, 6.45) is 3.67. The lowest BCUT2D eigenvalue weighted by molar-refractivity contribution is 0.601. The highest BCUT2D eigenvalue weighted by Crippen LogP contribution is 2.18. The quantitative estimate of drug-likeness (QED) is 0.406. The molecule has 1 aliphatic carbocycles. The second kappa shape index (κ2) is 8.71. The number of nitrogens with zero attached hydrogens (tertiary/aromatic N) is 1. The molecule has 0 aliphatic heterocycles. The van der Waals surface area contributed by atoms with Crippen LogP contribution in [0.1, 0.15) is 30.9 Å². The average Bonchev–Trinajstić information content (AvgIpc) is 3.20. The Kier molecular flexibility index (Phi) is 7.61. The van der Waals surface area contributed by atoms with Crippen molar-refractivity contribution in [3.63, 3.8) is 0 Å². The molecular weight excluding hydrogens is 413 g/mol. The van der Waals surface area contributed by atoms with Gasteiger partial charge >= 0.3 is 0 Å². The monoisotopic (exact) mass is 437 g/mol. The first-order valence-corrected chi connectivity index (χ1v) is 9.32. The first-order valence-electron chi connectivity index (χ1n) is 7.26. The Morgan fingerprint density at radius 1 is 1.23 bits per heavy atom. The van der Waals surface area contributed by atoms with E-state index in [1.54, 1.807) is 0 Å². The molecule has 7 heteroatoms. The van der Waals surface area contributed by atoms with Crippen molar-refractivity contribution in [2.75, 3.05) is 12.8 Å². The van der Waals surface area contributed by atoms with Gasteiger partial charge in [0.25, 0.3) is 0 Å². The molecule has 0 heterocycles. The predicted molar refractivity (Wildman–Crippen MR) is 101 cm³/mol. The fraction of sp³-hybridized carbons (Fsp3) is 0.533. The Bertz CT molecular complexity index is 596. The molecule has 2 N–H and O–H groups in total. The summed E-state index contributed by atoms with van der Waals surface area (Å²) < 4.78 is 22.5. The maximum absolute atomic E-state index is 11.2. The van der Waals surface area contributed by atoms with E-state index in [1.807, 2.05) is 31.2 Å². The summed E-state index contributed by atoms with van der Waals surface area (Å²) in [6.45, 7) is 3.47. The number of benzene rings is 1. The van der Waals surface area contributed by atoms with Crippen molar-refractivity contribution in [3.8, 4) is 0 Å². The molecule has 124 valence electrons. The van der Waals surface area contributed by atoms with Gasteiger partial charge in [-0.1, -0.05) is 24.3 Å². The molecule has 1 aromatic carbocycles. The maximum Gasteiger partial charge on any atom is 0.191 e.